The SMILES string of the molecule is CC(N)C1CCCN(S(=O)(=O)c2ccc(F)cc2C(F)(F)F)C1. The molecule has 1 aliphatic rings. The Balaban J connectivity index is 2.44. The molecule has 0 saturated carbocycles. The first-order valence-corrected chi connectivity index (χ1v) is 8.60. The molecule has 1 fully saturated rings. The number of benzene rings is 1. The van der Waals surface area contributed by atoms with Crippen molar-refractivity contribution in [1.82, 2.24) is 4.31 Å². The Kier molecular flexibility index (Phi) is 5.03. The van der Waals surface area contributed by atoms with E-state index in [2.05, 4.69) is 0 Å². The van der Waals surface area contributed by atoms with E-state index in [9.17, 15) is 26.0 Å². The van der Waals surface area contributed by atoms with Crippen molar-refractivity contribution < 1.29 is 26.0 Å². The van der Waals surface area contributed by atoms with Crippen LogP contribution in [-0.4, -0.2) is 31.9 Å². The number of alkyl halides is 3. The second-order valence-electron chi connectivity index (χ2n) is 5.76. The fraction of sp³-hybridized carbons (Fsp3) is 0.571. The molecular formula is C14H18F4N2O2S. The van der Waals surface area contributed by atoms with E-state index in [4.69, 9.17) is 5.73 Å². The molecule has 0 amide bonds. The van der Waals surface area contributed by atoms with Gasteiger partial charge in [0.25, 0.3) is 0 Å². The summed E-state index contributed by atoms with van der Waals surface area (Å²) < 4.78 is 78.5. The molecule has 1 aliphatic heterocycles. The van der Waals surface area contributed by atoms with Crippen molar-refractivity contribution in [3.63, 3.8) is 0 Å². The Morgan fingerprint density at radius 2 is 2.00 bits per heavy atom. The average Bonchev–Trinajstić information content (AvgIpc) is 2.46. The summed E-state index contributed by atoms with van der Waals surface area (Å²) in [7, 11) is -4.37. The average molecular weight is 354 g/mol. The third-order valence-corrected chi connectivity index (χ3v) is 5.95. The van der Waals surface area contributed by atoms with E-state index >= 15 is 0 Å². The van der Waals surface area contributed by atoms with E-state index in [1.807, 2.05) is 0 Å². The summed E-state index contributed by atoms with van der Waals surface area (Å²) in [4.78, 5) is -0.920. The highest BCUT2D eigenvalue weighted by atomic mass is 32.2. The maximum absolute atomic E-state index is 13.2. The Labute approximate surface area is 132 Å². The molecule has 9 heteroatoms. The van der Waals surface area contributed by atoms with Gasteiger partial charge in [0.2, 0.25) is 10.0 Å². The van der Waals surface area contributed by atoms with Crippen molar-refractivity contribution >= 4 is 10.0 Å². The van der Waals surface area contributed by atoms with Gasteiger partial charge in [-0.3, -0.25) is 0 Å². The van der Waals surface area contributed by atoms with Crippen LogP contribution in [0.3, 0.4) is 0 Å². The van der Waals surface area contributed by atoms with Gasteiger partial charge in [0.15, 0.2) is 0 Å². The smallest absolute Gasteiger partial charge is 0.328 e. The molecule has 2 atom stereocenters. The number of nitrogens with zero attached hydrogens (tertiary/aromatic N) is 1. The molecule has 4 nitrogen and oxygen atoms in total. The van der Waals surface area contributed by atoms with Crippen LogP contribution in [0.5, 0.6) is 0 Å². The van der Waals surface area contributed by atoms with Gasteiger partial charge < -0.3 is 5.73 Å². The number of hydrogen-bond donors (Lipinski definition) is 1. The van der Waals surface area contributed by atoms with Gasteiger partial charge in [-0.05, 0) is 43.9 Å². The van der Waals surface area contributed by atoms with Crippen molar-refractivity contribution in [1.29, 1.82) is 0 Å². The molecule has 1 saturated heterocycles. The second-order valence-corrected chi connectivity index (χ2v) is 7.67. The van der Waals surface area contributed by atoms with Crippen LogP contribution < -0.4 is 5.73 Å². The van der Waals surface area contributed by atoms with Gasteiger partial charge in [0.05, 0.1) is 10.5 Å². The van der Waals surface area contributed by atoms with Crippen LogP contribution in [0.25, 0.3) is 0 Å². The van der Waals surface area contributed by atoms with Crippen molar-refractivity contribution in [3.8, 4) is 0 Å². The fourth-order valence-electron chi connectivity index (χ4n) is 2.71. The van der Waals surface area contributed by atoms with Gasteiger partial charge in [-0.1, -0.05) is 0 Å². The minimum atomic E-state index is -4.96. The number of rotatable bonds is 3. The molecule has 0 bridgehead atoms. The summed E-state index contributed by atoms with van der Waals surface area (Å²) in [6.07, 6.45) is -3.71. The highest BCUT2D eigenvalue weighted by Crippen LogP contribution is 2.36. The van der Waals surface area contributed by atoms with Crippen LogP contribution >= 0.6 is 0 Å². The summed E-state index contributed by atoms with van der Waals surface area (Å²) in [6.45, 7) is 1.93. The molecule has 23 heavy (non-hydrogen) atoms. The van der Waals surface area contributed by atoms with Crippen molar-refractivity contribution in [3.05, 3.63) is 29.6 Å². The fourth-order valence-corrected chi connectivity index (χ4v) is 4.44. The lowest BCUT2D eigenvalue weighted by Gasteiger charge is -2.34. The summed E-state index contributed by atoms with van der Waals surface area (Å²) in [6, 6.07) is 1.33. The lowest BCUT2D eigenvalue weighted by Crippen LogP contribution is -2.45. The summed E-state index contributed by atoms with van der Waals surface area (Å²) >= 11 is 0. The van der Waals surface area contributed by atoms with Crippen LogP contribution in [0.2, 0.25) is 0 Å². The number of halogens is 4. The first-order valence-electron chi connectivity index (χ1n) is 7.16. The minimum Gasteiger partial charge on any atom is -0.328 e. The highest BCUT2D eigenvalue weighted by Gasteiger charge is 2.40. The maximum Gasteiger partial charge on any atom is 0.417 e. The first kappa shape index (κ1) is 18.2. The first-order chi connectivity index (χ1) is 10.5. The maximum atomic E-state index is 13.2. The topological polar surface area (TPSA) is 63.4 Å². The van der Waals surface area contributed by atoms with E-state index in [0.29, 0.717) is 12.5 Å². The number of sulfonamides is 1. The summed E-state index contributed by atoms with van der Waals surface area (Å²) in [5.74, 6) is -1.25. The van der Waals surface area contributed by atoms with Gasteiger partial charge in [-0.15, -0.1) is 0 Å². The molecule has 1 aromatic carbocycles. The zero-order valence-electron chi connectivity index (χ0n) is 12.5. The van der Waals surface area contributed by atoms with E-state index in [-0.39, 0.29) is 31.1 Å². The molecule has 130 valence electrons. The van der Waals surface area contributed by atoms with Crippen molar-refractivity contribution in [2.45, 2.75) is 36.9 Å². The van der Waals surface area contributed by atoms with E-state index in [0.717, 1.165) is 16.8 Å². The molecule has 0 radical (unpaired) electrons. The van der Waals surface area contributed by atoms with E-state index in [1.54, 1.807) is 6.92 Å². The molecule has 0 aliphatic carbocycles. The van der Waals surface area contributed by atoms with Crippen LogP contribution in [-0.2, 0) is 16.2 Å². The lowest BCUT2D eigenvalue weighted by atomic mass is 9.93. The third kappa shape index (κ3) is 3.84. The molecule has 2 rings (SSSR count). The monoisotopic (exact) mass is 354 g/mol. The zero-order valence-corrected chi connectivity index (χ0v) is 13.3. The van der Waals surface area contributed by atoms with Crippen LogP contribution in [0.15, 0.2) is 23.1 Å². The number of nitrogens with two attached hydrogens (primary N) is 1. The van der Waals surface area contributed by atoms with Gasteiger partial charge in [0, 0.05) is 19.1 Å². The third-order valence-electron chi connectivity index (χ3n) is 4.03. The molecule has 2 unspecified atom stereocenters. The Hall–Kier alpha value is -1.19. The second kappa shape index (κ2) is 6.37. The Morgan fingerprint density at radius 3 is 2.57 bits per heavy atom. The predicted molar refractivity (Wildman–Crippen MR) is 76.5 cm³/mol. The Morgan fingerprint density at radius 1 is 1.35 bits per heavy atom. The van der Waals surface area contributed by atoms with Crippen LogP contribution in [0.4, 0.5) is 17.6 Å². The number of hydrogen-bond acceptors (Lipinski definition) is 3. The quantitative estimate of drug-likeness (QED) is 0.849. The summed E-state index contributed by atoms with van der Waals surface area (Å²) in [5, 5.41) is 0. The molecule has 0 aromatic heterocycles. The molecule has 0 spiro atoms. The van der Waals surface area contributed by atoms with Crippen molar-refractivity contribution in [2.75, 3.05) is 13.1 Å². The molecular weight excluding hydrogens is 336 g/mol. The highest BCUT2D eigenvalue weighted by molar-refractivity contribution is 7.89. The standard InChI is InChI=1S/C14H18F4N2O2S/c1-9(19)10-3-2-6-20(8-10)23(21,22)13-5-4-11(15)7-12(13)14(16,17)18/h4-5,7,9-10H,2-3,6,8,19H2,1H3. The molecule has 2 N–H and O–H groups in total. The predicted octanol–water partition coefficient (Wildman–Crippen LogP) is 2.59. The minimum absolute atomic E-state index is 0.0642. The Bertz CT molecular complexity index is 674. The molecule has 1 aromatic rings. The van der Waals surface area contributed by atoms with Gasteiger partial charge in [0.1, 0.15) is 5.82 Å². The summed E-state index contributed by atoms with van der Waals surface area (Å²) in [5.41, 5.74) is 4.29. The van der Waals surface area contributed by atoms with Gasteiger partial charge >= 0.3 is 6.18 Å². The zero-order chi connectivity index (χ0) is 17.4. The van der Waals surface area contributed by atoms with E-state index < -0.39 is 32.5 Å². The molecule has 1 heterocycles. The van der Waals surface area contributed by atoms with Crippen LogP contribution in [0.1, 0.15) is 25.3 Å². The number of piperidine rings is 1. The van der Waals surface area contributed by atoms with Gasteiger partial charge in [-0.2, -0.15) is 17.5 Å². The van der Waals surface area contributed by atoms with Crippen molar-refractivity contribution in [2.24, 2.45) is 11.7 Å². The largest absolute Gasteiger partial charge is 0.417 e. The normalized spacial score (nSPS) is 22.1. The lowest BCUT2D eigenvalue weighted by molar-refractivity contribution is -0.140. The van der Waals surface area contributed by atoms with E-state index in [1.165, 1.54) is 0 Å². The van der Waals surface area contributed by atoms with Gasteiger partial charge in [-0.25, -0.2) is 12.8 Å². The van der Waals surface area contributed by atoms with Crippen LogP contribution in [0, 0.1) is 11.7 Å².